The molecule has 2 nitrogen and oxygen atoms in total. The molecule has 0 saturated carbocycles. The molecule has 0 fully saturated rings. The van der Waals surface area contributed by atoms with Gasteiger partial charge in [-0.1, -0.05) is 91.0 Å². The van der Waals surface area contributed by atoms with E-state index in [2.05, 4.69) is 132 Å². The molecule has 0 aromatic heterocycles. The van der Waals surface area contributed by atoms with Gasteiger partial charge in [0.15, 0.2) is 0 Å². The number of para-hydroxylation sites is 1. The maximum atomic E-state index is 5.36. The molecule has 0 aliphatic carbocycles. The maximum Gasteiger partial charge on any atom is 0.119 e. The second-order valence-electron chi connectivity index (χ2n) is 9.06. The number of methoxy groups -OCH3 is 1. The second-order valence-corrected chi connectivity index (χ2v) is 9.06. The zero-order valence-electron chi connectivity index (χ0n) is 20.7. The van der Waals surface area contributed by atoms with Crippen molar-refractivity contribution in [2.24, 2.45) is 0 Å². The van der Waals surface area contributed by atoms with Crippen molar-refractivity contribution in [2.45, 2.75) is 0 Å². The second kappa shape index (κ2) is 10.0. The molecule has 6 aromatic rings. The molecular weight excluding hydrogens is 450 g/mol. The molecule has 178 valence electrons. The summed E-state index contributed by atoms with van der Waals surface area (Å²) in [7, 11) is 1.69. The van der Waals surface area contributed by atoms with Crippen molar-refractivity contribution in [1.29, 1.82) is 0 Å². The highest BCUT2D eigenvalue weighted by Crippen LogP contribution is 2.35. The molecule has 37 heavy (non-hydrogen) atoms. The molecule has 0 radical (unpaired) electrons. The minimum absolute atomic E-state index is 0.846. The van der Waals surface area contributed by atoms with Crippen molar-refractivity contribution in [3.05, 3.63) is 145 Å². The van der Waals surface area contributed by atoms with Gasteiger partial charge in [-0.05, 0) is 87.3 Å². The lowest BCUT2D eigenvalue weighted by Gasteiger charge is -2.25. The van der Waals surface area contributed by atoms with Crippen molar-refractivity contribution in [2.75, 3.05) is 12.0 Å². The van der Waals surface area contributed by atoms with Gasteiger partial charge in [0.25, 0.3) is 0 Å². The van der Waals surface area contributed by atoms with E-state index in [1.807, 2.05) is 18.2 Å². The first-order valence-electron chi connectivity index (χ1n) is 12.5. The molecule has 6 aromatic carbocycles. The number of benzene rings is 6. The lowest BCUT2D eigenvalue weighted by atomic mass is 10.00. The van der Waals surface area contributed by atoms with Gasteiger partial charge < -0.3 is 9.64 Å². The van der Waals surface area contributed by atoms with E-state index >= 15 is 0 Å². The Morgan fingerprint density at radius 3 is 1.81 bits per heavy atom. The van der Waals surface area contributed by atoms with Crippen LogP contribution in [0.5, 0.6) is 5.75 Å². The van der Waals surface area contributed by atoms with E-state index in [9.17, 15) is 0 Å². The van der Waals surface area contributed by atoms with Gasteiger partial charge in [0, 0.05) is 17.1 Å². The van der Waals surface area contributed by atoms with Crippen molar-refractivity contribution in [1.82, 2.24) is 0 Å². The van der Waals surface area contributed by atoms with Crippen LogP contribution in [0, 0.1) is 0 Å². The molecule has 0 spiro atoms. The predicted molar refractivity (Wildman–Crippen MR) is 158 cm³/mol. The molecule has 0 saturated heterocycles. The van der Waals surface area contributed by atoms with Gasteiger partial charge in [0.2, 0.25) is 0 Å². The smallest absolute Gasteiger partial charge is 0.119 e. The highest BCUT2D eigenvalue weighted by Gasteiger charge is 2.12. The van der Waals surface area contributed by atoms with Crippen molar-refractivity contribution in [3.8, 4) is 5.75 Å². The molecule has 0 N–H and O–H groups in total. The van der Waals surface area contributed by atoms with E-state index in [0.717, 1.165) is 28.4 Å². The fourth-order valence-corrected chi connectivity index (χ4v) is 4.82. The highest BCUT2D eigenvalue weighted by molar-refractivity contribution is 6.07. The van der Waals surface area contributed by atoms with Gasteiger partial charge in [-0.2, -0.15) is 0 Å². The molecule has 0 heterocycles. The standard InChI is InChI=1S/C35H27NO/c1-37-33-22-20-32(21-23-33)36(30-8-3-2-4-9-30)31-18-13-26(14-19-31)11-12-27-15-24-35-29(25-27)17-16-28-7-5-6-10-34(28)35/h2-25H,1H3. The Morgan fingerprint density at radius 2 is 1.05 bits per heavy atom. The summed E-state index contributed by atoms with van der Waals surface area (Å²) in [5, 5.41) is 5.12. The molecule has 0 aliphatic rings. The van der Waals surface area contributed by atoms with Crippen LogP contribution in [0.4, 0.5) is 17.1 Å². The topological polar surface area (TPSA) is 12.5 Å². The first-order chi connectivity index (χ1) is 18.3. The van der Waals surface area contributed by atoms with Crippen LogP contribution in [-0.2, 0) is 0 Å². The fourth-order valence-electron chi connectivity index (χ4n) is 4.82. The summed E-state index contributed by atoms with van der Waals surface area (Å²) >= 11 is 0. The third-order valence-electron chi connectivity index (χ3n) is 6.73. The Balaban J connectivity index is 1.28. The summed E-state index contributed by atoms with van der Waals surface area (Å²) in [4.78, 5) is 2.25. The third-order valence-corrected chi connectivity index (χ3v) is 6.73. The van der Waals surface area contributed by atoms with Crippen LogP contribution in [-0.4, -0.2) is 7.11 Å². The molecule has 0 atom stereocenters. The average molecular weight is 478 g/mol. The monoisotopic (exact) mass is 477 g/mol. The van der Waals surface area contributed by atoms with E-state index in [4.69, 9.17) is 4.74 Å². The quantitative estimate of drug-likeness (QED) is 0.175. The average Bonchev–Trinajstić information content (AvgIpc) is 2.97. The Labute approximate surface area is 217 Å². The summed E-state index contributed by atoms with van der Waals surface area (Å²) in [6.07, 6.45) is 4.36. The minimum Gasteiger partial charge on any atom is -0.497 e. The van der Waals surface area contributed by atoms with Crippen LogP contribution in [0.15, 0.2) is 133 Å². The van der Waals surface area contributed by atoms with Crippen LogP contribution >= 0.6 is 0 Å². The number of nitrogens with zero attached hydrogens (tertiary/aromatic N) is 1. The first kappa shape index (κ1) is 22.6. The molecule has 6 rings (SSSR count). The van der Waals surface area contributed by atoms with Gasteiger partial charge in [-0.15, -0.1) is 0 Å². The number of hydrogen-bond acceptors (Lipinski definition) is 2. The number of ether oxygens (including phenoxy) is 1. The first-order valence-corrected chi connectivity index (χ1v) is 12.5. The lowest BCUT2D eigenvalue weighted by molar-refractivity contribution is 0.415. The molecule has 0 amide bonds. The van der Waals surface area contributed by atoms with E-state index in [1.54, 1.807) is 7.11 Å². The zero-order valence-corrected chi connectivity index (χ0v) is 20.7. The number of anilines is 3. The van der Waals surface area contributed by atoms with Crippen molar-refractivity contribution < 1.29 is 4.74 Å². The Morgan fingerprint density at radius 1 is 0.486 bits per heavy atom. The van der Waals surface area contributed by atoms with Gasteiger partial charge in [-0.3, -0.25) is 0 Å². The zero-order chi connectivity index (χ0) is 25.0. The van der Waals surface area contributed by atoms with E-state index in [1.165, 1.54) is 27.1 Å². The van der Waals surface area contributed by atoms with Gasteiger partial charge in [-0.25, -0.2) is 0 Å². The third kappa shape index (κ3) is 4.70. The normalized spacial score (nSPS) is 11.3. The highest BCUT2D eigenvalue weighted by atomic mass is 16.5. The van der Waals surface area contributed by atoms with Crippen LogP contribution in [0.1, 0.15) is 11.1 Å². The maximum absolute atomic E-state index is 5.36. The van der Waals surface area contributed by atoms with Gasteiger partial charge in [0.05, 0.1) is 7.11 Å². The van der Waals surface area contributed by atoms with Crippen LogP contribution in [0.2, 0.25) is 0 Å². The summed E-state index contributed by atoms with van der Waals surface area (Å²) in [5.41, 5.74) is 5.64. The Kier molecular flexibility index (Phi) is 6.14. The molecular formula is C35H27NO. The largest absolute Gasteiger partial charge is 0.497 e. The van der Waals surface area contributed by atoms with Gasteiger partial charge in [0.1, 0.15) is 5.75 Å². The van der Waals surface area contributed by atoms with Crippen molar-refractivity contribution in [3.63, 3.8) is 0 Å². The summed E-state index contributed by atoms with van der Waals surface area (Å²) < 4.78 is 5.36. The summed E-state index contributed by atoms with van der Waals surface area (Å²) in [6, 6.07) is 46.9. The van der Waals surface area contributed by atoms with Crippen molar-refractivity contribution >= 4 is 50.8 Å². The van der Waals surface area contributed by atoms with Crippen LogP contribution < -0.4 is 9.64 Å². The van der Waals surface area contributed by atoms with Crippen LogP contribution in [0.3, 0.4) is 0 Å². The minimum atomic E-state index is 0.846. The number of hydrogen-bond donors (Lipinski definition) is 0. The Hall–Kier alpha value is -4.82. The Bertz CT molecular complexity index is 1680. The van der Waals surface area contributed by atoms with E-state index in [0.29, 0.717) is 0 Å². The number of rotatable bonds is 6. The SMILES string of the molecule is COc1ccc(N(c2ccccc2)c2ccc(C=Cc3ccc4c(ccc5ccccc54)c3)cc2)cc1. The predicted octanol–water partition coefficient (Wildman–Crippen LogP) is 9.64. The van der Waals surface area contributed by atoms with Crippen LogP contribution in [0.25, 0.3) is 33.7 Å². The lowest BCUT2D eigenvalue weighted by Crippen LogP contribution is -2.09. The van der Waals surface area contributed by atoms with Gasteiger partial charge >= 0.3 is 0 Å². The van der Waals surface area contributed by atoms with E-state index in [-0.39, 0.29) is 0 Å². The summed E-state index contributed by atoms with van der Waals surface area (Å²) in [5.74, 6) is 0.846. The number of fused-ring (bicyclic) bond motifs is 3. The fraction of sp³-hybridized carbons (Fsp3) is 0.0286. The molecule has 0 bridgehead atoms. The van der Waals surface area contributed by atoms with E-state index < -0.39 is 0 Å². The molecule has 0 unspecified atom stereocenters. The summed E-state index contributed by atoms with van der Waals surface area (Å²) in [6.45, 7) is 0. The molecule has 0 aliphatic heterocycles. The molecule has 2 heteroatoms.